The second-order valence-electron chi connectivity index (χ2n) is 2.69. The first-order chi connectivity index (χ1) is 7.10. The molecule has 0 bridgehead atoms. The lowest BCUT2D eigenvalue weighted by Crippen LogP contribution is -2.10. The summed E-state index contributed by atoms with van der Waals surface area (Å²) in [5.74, 6) is -2.75. The molecule has 0 aliphatic carbocycles. The highest BCUT2D eigenvalue weighted by Gasteiger charge is 2.19. The molecule has 82 valence electrons. The number of esters is 1. The monoisotopic (exact) mass is 232 g/mol. The molecule has 0 unspecified atom stereocenters. The van der Waals surface area contributed by atoms with Crippen LogP contribution in [-0.2, 0) is 4.74 Å². The molecule has 0 atom stereocenters. The highest BCUT2D eigenvalue weighted by Crippen LogP contribution is 2.22. The minimum Gasteiger partial charge on any atom is -0.462 e. The van der Waals surface area contributed by atoms with E-state index in [1.54, 1.807) is 13.2 Å². The van der Waals surface area contributed by atoms with Gasteiger partial charge in [-0.2, -0.15) is 0 Å². The van der Waals surface area contributed by atoms with E-state index in [4.69, 9.17) is 0 Å². The van der Waals surface area contributed by atoms with E-state index >= 15 is 0 Å². The van der Waals surface area contributed by atoms with Crippen molar-refractivity contribution < 1.29 is 18.3 Å². The van der Waals surface area contributed by atoms with Gasteiger partial charge in [0.05, 0.1) is 6.61 Å². The first kappa shape index (κ1) is 12.0. The highest BCUT2D eigenvalue weighted by atomic mass is 32.2. The Morgan fingerprint density at radius 1 is 1.40 bits per heavy atom. The summed E-state index contributed by atoms with van der Waals surface area (Å²) in [6.45, 7) is 1.66. The van der Waals surface area contributed by atoms with E-state index in [1.807, 2.05) is 0 Å². The van der Waals surface area contributed by atoms with Crippen LogP contribution in [0.3, 0.4) is 0 Å². The van der Waals surface area contributed by atoms with Gasteiger partial charge in [-0.05, 0) is 25.3 Å². The fourth-order valence-electron chi connectivity index (χ4n) is 1.07. The van der Waals surface area contributed by atoms with Gasteiger partial charge < -0.3 is 4.74 Å². The van der Waals surface area contributed by atoms with Crippen molar-refractivity contribution in [2.24, 2.45) is 0 Å². The molecule has 15 heavy (non-hydrogen) atoms. The normalized spacial score (nSPS) is 10.1. The number of benzene rings is 1. The third kappa shape index (κ3) is 2.68. The number of ether oxygens (including phenoxy) is 1. The lowest BCUT2D eigenvalue weighted by atomic mass is 10.2. The van der Waals surface area contributed by atoms with E-state index in [0.29, 0.717) is 4.90 Å². The van der Waals surface area contributed by atoms with E-state index < -0.39 is 23.2 Å². The Hall–Kier alpha value is -1.10. The SMILES string of the molecule is CCOC(=O)c1c(F)cc(SC)cc1F. The minimum atomic E-state index is -0.972. The van der Waals surface area contributed by atoms with Crippen molar-refractivity contribution in [1.29, 1.82) is 0 Å². The van der Waals surface area contributed by atoms with Gasteiger partial charge in [-0.1, -0.05) is 0 Å². The van der Waals surface area contributed by atoms with Crippen LogP contribution in [0.4, 0.5) is 8.78 Å². The van der Waals surface area contributed by atoms with Gasteiger partial charge >= 0.3 is 5.97 Å². The van der Waals surface area contributed by atoms with Crippen LogP contribution in [0.25, 0.3) is 0 Å². The summed E-state index contributed by atoms with van der Waals surface area (Å²) < 4.78 is 31.2. The van der Waals surface area contributed by atoms with Crippen molar-refractivity contribution in [2.45, 2.75) is 11.8 Å². The highest BCUT2D eigenvalue weighted by molar-refractivity contribution is 7.98. The first-order valence-electron chi connectivity index (χ1n) is 4.30. The third-order valence-electron chi connectivity index (χ3n) is 1.73. The molecule has 0 saturated carbocycles. The second kappa shape index (κ2) is 5.11. The van der Waals surface area contributed by atoms with Gasteiger partial charge in [0, 0.05) is 4.90 Å². The van der Waals surface area contributed by atoms with Crippen LogP contribution < -0.4 is 0 Å². The Labute approximate surface area is 90.6 Å². The quantitative estimate of drug-likeness (QED) is 0.592. The van der Waals surface area contributed by atoms with E-state index in [-0.39, 0.29) is 6.61 Å². The third-order valence-corrected chi connectivity index (χ3v) is 2.44. The molecule has 1 aromatic carbocycles. The van der Waals surface area contributed by atoms with Crippen molar-refractivity contribution in [3.05, 3.63) is 29.3 Å². The second-order valence-corrected chi connectivity index (χ2v) is 3.57. The van der Waals surface area contributed by atoms with E-state index in [0.717, 1.165) is 12.1 Å². The molecule has 1 rings (SSSR count). The molecule has 2 nitrogen and oxygen atoms in total. The van der Waals surface area contributed by atoms with Gasteiger partial charge in [-0.3, -0.25) is 0 Å². The molecule has 0 N–H and O–H groups in total. The fraction of sp³-hybridized carbons (Fsp3) is 0.300. The maximum Gasteiger partial charge on any atom is 0.344 e. The Kier molecular flexibility index (Phi) is 4.08. The van der Waals surface area contributed by atoms with Crippen molar-refractivity contribution in [3.8, 4) is 0 Å². The molecule has 0 radical (unpaired) electrons. The average Bonchev–Trinajstić information content (AvgIpc) is 2.16. The summed E-state index contributed by atoms with van der Waals surface area (Å²) >= 11 is 1.20. The van der Waals surface area contributed by atoms with Crippen LogP contribution in [0.15, 0.2) is 17.0 Å². The molecule has 0 aliphatic rings. The number of carbonyl (C=O) groups excluding carboxylic acids is 1. The van der Waals surface area contributed by atoms with E-state index in [1.165, 1.54) is 11.8 Å². The van der Waals surface area contributed by atoms with Gasteiger partial charge in [0.1, 0.15) is 17.2 Å². The van der Waals surface area contributed by atoms with Gasteiger partial charge in [0.2, 0.25) is 0 Å². The Balaban J connectivity index is 3.13. The van der Waals surface area contributed by atoms with Gasteiger partial charge in [-0.15, -0.1) is 11.8 Å². The average molecular weight is 232 g/mol. The van der Waals surface area contributed by atoms with E-state index in [2.05, 4.69) is 4.74 Å². The zero-order chi connectivity index (χ0) is 11.4. The van der Waals surface area contributed by atoms with Crippen LogP contribution >= 0.6 is 11.8 Å². The molecule has 0 saturated heterocycles. The van der Waals surface area contributed by atoms with Gasteiger partial charge in [0.25, 0.3) is 0 Å². The molecule has 0 aliphatic heterocycles. The Morgan fingerprint density at radius 2 is 1.93 bits per heavy atom. The first-order valence-corrected chi connectivity index (χ1v) is 5.52. The molecule has 5 heteroatoms. The number of carbonyl (C=O) groups is 1. The number of rotatable bonds is 3. The molecule has 0 aromatic heterocycles. The van der Waals surface area contributed by atoms with Crippen LogP contribution in [0.2, 0.25) is 0 Å². The summed E-state index contributed by atoms with van der Waals surface area (Å²) in [6, 6.07) is 2.22. The zero-order valence-corrected chi connectivity index (χ0v) is 9.16. The van der Waals surface area contributed by atoms with Crippen molar-refractivity contribution in [3.63, 3.8) is 0 Å². The fourth-order valence-corrected chi connectivity index (χ4v) is 1.51. The Bertz CT molecular complexity index is 357. The summed E-state index contributed by atoms with van der Waals surface area (Å²) in [6.07, 6.45) is 1.69. The molecule has 0 fully saturated rings. The summed E-state index contributed by atoms with van der Waals surface area (Å²) in [4.78, 5) is 11.6. The predicted octanol–water partition coefficient (Wildman–Crippen LogP) is 2.86. The van der Waals surface area contributed by atoms with Gasteiger partial charge in [-0.25, -0.2) is 13.6 Å². The lowest BCUT2D eigenvalue weighted by molar-refractivity contribution is 0.0515. The predicted molar refractivity (Wildman–Crippen MR) is 54.1 cm³/mol. The minimum absolute atomic E-state index is 0.0853. The molecule has 0 spiro atoms. The molecule has 0 amide bonds. The Morgan fingerprint density at radius 3 is 2.33 bits per heavy atom. The smallest absolute Gasteiger partial charge is 0.344 e. The summed E-state index contributed by atoms with van der Waals surface area (Å²) in [7, 11) is 0. The van der Waals surface area contributed by atoms with Crippen LogP contribution in [0.5, 0.6) is 0 Å². The topological polar surface area (TPSA) is 26.3 Å². The van der Waals surface area contributed by atoms with Crippen molar-refractivity contribution in [1.82, 2.24) is 0 Å². The summed E-state index contributed by atoms with van der Waals surface area (Å²) in [5.41, 5.74) is -0.630. The van der Waals surface area contributed by atoms with Crippen LogP contribution in [0, 0.1) is 11.6 Å². The van der Waals surface area contributed by atoms with Crippen LogP contribution in [-0.4, -0.2) is 18.8 Å². The molecule has 0 heterocycles. The number of hydrogen-bond acceptors (Lipinski definition) is 3. The molecule has 1 aromatic rings. The largest absolute Gasteiger partial charge is 0.462 e. The van der Waals surface area contributed by atoms with Crippen LogP contribution in [0.1, 0.15) is 17.3 Å². The molecular formula is C10H10F2O2S. The molecular weight excluding hydrogens is 222 g/mol. The summed E-state index contributed by atoms with van der Waals surface area (Å²) in [5, 5.41) is 0. The van der Waals surface area contributed by atoms with Crippen molar-refractivity contribution in [2.75, 3.05) is 12.9 Å². The maximum atomic E-state index is 13.3. The number of thioether (sulfide) groups is 1. The maximum absolute atomic E-state index is 13.3. The zero-order valence-electron chi connectivity index (χ0n) is 8.34. The number of hydrogen-bond donors (Lipinski definition) is 0. The van der Waals surface area contributed by atoms with Gasteiger partial charge in [0.15, 0.2) is 0 Å². The standard InChI is InChI=1S/C10H10F2O2S/c1-3-14-10(13)9-7(11)4-6(15-2)5-8(9)12/h4-5H,3H2,1-2H3. The number of halogens is 2. The van der Waals surface area contributed by atoms with E-state index in [9.17, 15) is 13.6 Å². The van der Waals surface area contributed by atoms with Crippen molar-refractivity contribution >= 4 is 17.7 Å². The lowest BCUT2D eigenvalue weighted by Gasteiger charge is -2.05.